The molecule has 0 radical (unpaired) electrons. The van der Waals surface area contributed by atoms with Gasteiger partial charge in [-0.2, -0.15) is 0 Å². The molecular weight excluding hydrogens is 572 g/mol. The second-order valence-electron chi connectivity index (χ2n) is 9.19. The lowest BCUT2D eigenvalue weighted by molar-refractivity contribution is -0.150. The molecule has 2 aliphatic heterocycles. The third-order valence-electron chi connectivity index (χ3n) is 6.51. The molecule has 4 rings (SSSR count). The number of hydrogen-bond donors (Lipinski definition) is 3. The number of tetrazole rings is 1. The number of rotatable bonds is 9. The summed E-state index contributed by atoms with van der Waals surface area (Å²) in [6.07, 6.45) is 1.45. The Morgan fingerprint density at radius 2 is 2.00 bits per heavy atom. The summed E-state index contributed by atoms with van der Waals surface area (Å²) in [5, 5.41) is 26.4. The van der Waals surface area contributed by atoms with Gasteiger partial charge < -0.3 is 15.7 Å². The molecule has 5 amide bonds. The number of thioether (sulfide) groups is 2. The summed E-state index contributed by atoms with van der Waals surface area (Å²) in [5.41, 5.74) is 1.69. The number of nitrogens with zero attached hydrogens (tertiary/aromatic N) is 6. The van der Waals surface area contributed by atoms with Crippen LogP contribution < -0.4 is 10.6 Å². The number of carboxylic acid groups (broad SMARTS) is 1. The lowest BCUT2D eigenvalue weighted by Crippen LogP contribution is -2.70. The van der Waals surface area contributed by atoms with Gasteiger partial charge in [-0.1, -0.05) is 36.0 Å². The number of nitrogens with one attached hydrogen (secondary N) is 2. The summed E-state index contributed by atoms with van der Waals surface area (Å²) in [7, 11) is 3.02. The number of β-lactam (4-membered cyclic amide) rings is 1. The third-order valence-corrected chi connectivity index (χ3v) is 8.95. The molecule has 0 spiro atoms. The van der Waals surface area contributed by atoms with E-state index in [1.165, 1.54) is 40.2 Å². The zero-order valence-electron chi connectivity index (χ0n) is 22.7. The van der Waals surface area contributed by atoms with Crippen molar-refractivity contribution in [2.24, 2.45) is 7.05 Å². The zero-order chi connectivity index (χ0) is 29.8. The van der Waals surface area contributed by atoms with Crippen LogP contribution in [0.4, 0.5) is 10.5 Å². The maximum atomic E-state index is 13.0. The molecule has 0 saturated carbocycles. The van der Waals surface area contributed by atoms with E-state index in [1.807, 2.05) is 0 Å². The van der Waals surface area contributed by atoms with Gasteiger partial charge in [-0.3, -0.25) is 24.2 Å². The highest BCUT2D eigenvalue weighted by atomic mass is 32.2. The van der Waals surface area contributed by atoms with E-state index < -0.39 is 41.1 Å². The first-order valence-electron chi connectivity index (χ1n) is 12.4. The normalized spacial score (nSPS) is 18.4. The average molecular weight is 601 g/mol. The highest BCUT2D eigenvalue weighted by Crippen LogP contribution is 2.41. The zero-order valence-corrected chi connectivity index (χ0v) is 24.3. The van der Waals surface area contributed by atoms with Crippen LogP contribution in [0.15, 0.2) is 52.3 Å². The first kappa shape index (κ1) is 29.8. The molecule has 216 valence electrons. The van der Waals surface area contributed by atoms with E-state index in [1.54, 1.807) is 51.2 Å². The molecule has 3 heterocycles. The number of allylic oxidation sites excluding steroid dienone is 1. The molecule has 1 saturated heterocycles. The molecule has 1 unspecified atom stereocenters. The van der Waals surface area contributed by atoms with Crippen LogP contribution >= 0.6 is 23.5 Å². The number of aromatic nitrogens is 4. The Bertz CT molecular complexity index is 1470. The van der Waals surface area contributed by atoms with Gasteiger partial charge in [-0.05, 0) is 41.5 Å². The van der Waals surface area contributed by atoms with Crippen LogP contribution in [-0.4, -0.2) is 94.8 Å². The fraction of sp³-hybridized carbons (Fsp3) is 0.360. The minimum Gasteiger partial charge on any atom is -0.477 e. The minimum atomic E-state index is -1.22. The molecule has 3 N–H and O–H groups in total. The Hall–Kier alpha value is -4.18. The maximum Gasteiger partial charge on any atom is 0.352 e. The van der Waals surface area contributed by atoms with E-state index in [0.717, 1.165) is 4.90 Å². The van der Waals surface area contributed by atoms with Crippen molar-refractivity contribution in [3.05, 3.63) is 52.7 Å². The summed E-state index contributed by atoms with van der Waals surface area (Å²) in [5.74, 6) is -2.03. The van der Waals surface area contributed by atoms with Gasteiger partial charge >= 0.3 is 12.0 Å². The molecule has 2 atom stereocenters. The Morgan fingerprint density at radius 3 is 2.66 bits per heavy atom. The molecule has 16 heteroatoms. The quantitative estimate of drug-likeness (QED) is 0.214. The summed E-state index contributed by atoms with van der Waals surface area (Å²) >= 11 is 2.63. The topological polar surface area (TPSA) is 180 Å². The van der Waals surface area contributed by atoms with Crippen molar-refractivity contribution in [3.8, 4) is 0 Å². The van der Waals surface area contributed by atoms with Crippen LogP contribution in [0.25, 0.3) is 0 Å². The second-order valence-corrected chi connectivity index (χ2v) is 11.2. The number of carbonyl (C=O) groups is 5. The monoisotopic (exact) mass is 600 g/mol. The molecule has 2 aliphatic rings. The van der Waals surface area contributed by atoms with E-state index in [9.17, 15) is 29.1 Å². The van der Waals surface area contributed by atoms with Crippen LogP contribution in [0.3, 0.4) is 0 Å². The second kappa shape index (κ2) is 12.6. The number of benzene rings is 1. The van der Waals surface area contributed by atoms with E-state index in [4.69, 9.17) is 0 Å². The summed E-state index contributed by atoms with van der Waals surface area (Å²) in [6, 6.07) is 5.08. The van der Waals surface area contributed by atoms with E-state index >= 15 is 0 Å². The molecule has 2 aromatic rings. The molecule has 14 nitrogen and oxygen atoms in total. The highest BCUT2D eigenvalue weighted by Gasteiger charge is 2.54. The number of urea groups is 1. The maximum absolute atomic E-state index is 13.0. The van der Waals surface area contributed by atoms with E-state index in [-0.39, 0.29) is 17.9 Å². The molecule has 0 aliphatic carbocycles. The predicted octanol–water partition coefficient (Wildman–Crippen LogP) is 1.24. The number of carbonyl (C=O) groups excluding carboxylic acids is 4. The molecule has 0 bridgehead atoms. The molecule has 1 fully saturated rings. The smallest absolute Gasteiger partial charge is 0.352 e. The molecule has 41 heavy (non-hydrogen) atoms. The summed E-state index contributed by atoms with van der Waals surface area (Å²) in [4.78, 5) is 65.2. The first-order valence-corrected chi connectivity index (χ1v) is 14.4. The van der Waals surface area contributed by atoms with Crippen molar-refractivity contribution in [2.45, 2.75) is 36.8 Å². The molecule has 1 aromatic heterocycles. The standard InChI is InChI=1S/C25H28N8O6S2/c1-5-13(2)20(35)31(3)24(39)26-16-9-7-6-8-14(16)10-17(34)27-18-21(36)33-19(23(37)38)15(11-40-22(18)33)12-41-25-28-29-30-32(25)4/h5-9,18,22H,10-12H2,1-4H3,(H,26,39)(H,27,34)(H,37,38)/b13-5+/t18?,22-/m1/s1. The molecular formula is C25H28N8O6S2. The number of amides is 5. The van der Waals surface area contributed by atoms with Crippen molar-refractivity contribution in [2.75, 3.05) is 23.9 Å². The Balaban J connectivity index is 1.40. The van der Waals surface area contributed by atoms with Crippen LogP contribution in [-0.2, 0) is 32.6 Å². The van der Waals surface area contributed by atoms with Crippen LogP contribution in [0.2, 0.25) is 0 Å². The van der Waals surface area contributed by atoms with Crippen molar-refractivity contribution < 1.29 is 29.1 Å². The minimum absolute atomic E-state index is 0.0910. The Morgan fingerprint density at radius 1 is 1.27 bits per heavy atom. The van der Waals surface area contributed by atoms with E-state index in [2.05, 4.69) is 26.2 Å². The third kappa shape index (κ3) is 6.27. The first-order chi connectivity index (χ1) is 19.5. The lowest BCUT2D eigenvalue weighted by atomic mass is 10.0. The van der Waals surface area contributed by atoms with Gasteiger partial charge in [0.15, 0.2) is 0 Å². The number of aliphatic carboxylic acids is 1. The van der Waals surface area contributed by atoms with Gasteiger partial charge in [0, 0.05) is 36.9 Å². The summed E-state index contributed by atoms with van der Waals surface area (Å²) < 4.78 is 1.47. The largest absolute Gasteiger partial charge is 0.477 e. The number of likely N-dealkylation sites (N-methyl/N-ethyl adjacent to an activating group) is 1. The van der Waals surface area contributed by atoms with Gasteiger partial charge in [0.2, 0.25) is 11.1 Å². The number of carboxylic acids is 1. The van der Waals surface area contributed by atoms with Crippen LogP contribution in [0.1, 0.15) is 19.4 Å². The van der Waals surface area contributed by atoms with E-state index in [0.29, 0.717) is 33.3 Å². The van der Waals surface area contributed by atoms with Crippen molar-refractivity contribution >= 4 is 58.9 Å². The SMILES string of the molecule is C/C=C(\C)C(=O)N(C)C(=O)Nc1ccccc1CC(=O)NC1C(=O)N2C(C(=O)O)=C(CSc3nnnn3C)CS[C@H]12. The van der Waals surface area contributed by atoms with Gasteiger partial charge in [-0.25, -0.2) is 14.3 Å². The van der Waals surface area contributed by atoms with Gasteiger partial charge in [-0.15, -0.1) is 16.9 Å². The van der Waals surface area contributed by atoms with Crippen molar-refractivity contribution in [3.63, 3.8) is 0 Å². The number of aryl methyl sites for hydroxylation is 1. The van der Waals surface area contributed by atoms with Crippen LogP contribution in [0.5, 0.6) is 0 Å². The number of imide groups is 1. The average Bonchev–Trinajstić information content (AvgIpc) is 3.37. The lowest BCUT2D eigenvalue weighted by Gasteiger charge is -2.49. The van der Waals surface area contributed by atoms with Gasteiger partial charge in [0.1, 0.15) is 17.1 Å². The van der Waals surface area contributed by atoms with Crippen molar-refractivity contribution in [1.29, 1.82) is 0 Å². The number of fused-ring (bicyclic) bond motifs is 1. The van der Waals surface area contributed by atoms with Gasteiger partial charge in [0.25, 0.3) is 11.8 Å². The number of anilines is 1. The fourth-order valence-electron chi connectivity index (χ4n) is 4.16. The highest BCUT2D eigenvalue weighted by molar-refractivity contribution is 8.01. The Labute approximate surface area is 243 Å². The van der Waals surface area contributed by atoms with Crippen LogP contribution in [0, 0.1) is 0 Å². The Kier molecular flexibility index (Phi) is 9.12. The summed E-state index contributed by atoms with van der Waals surface area (Å²) in [6.45, 7) is 3.30. The molecule has 1 aromatic carbocycles. The number of hydrogen-bond acceptors (Lipinski definition) is 10. The predicted molar refractivity (Wildman–Crippen MR) is 151 cm³/mol. The number of para-hydroxylation sites is 1. The van der Waals surface area contributed by atoms with Crippen molar-refractivity contribution in [1.82, 2.24) is 35.3 Å². The fourth-order valence-corrected chi connectivity index (χ4v) is 6.50. The van der Waals surface area contributed by atoms with Gasteiger partial charge in [0.05, 0.1) is 6.42 Å².